The number of nitrogens with one attached hydrogen (secondary N) is 1. The van der Waals surface area contributed by atoms with Gasteiger partial charge in [0.2, 0.25) is 0 Å². The van der Waals surface area contributed by atoms with Gasteiger partial charge in [-0.25, -0.2) is 4.79 Å². The van der Waals surface area contributed by atoms with Gasteiger partial charge in [-0.3, -0.25) is 4.98 Å². The fraction of sp³-hybridized carbons (Fsp3) is 0.394. The third-order valence-corrected chi connectivity index (χ3v) is 9.42. The fourth-order valence-electron chi connectivity index (χ4n) is 7.70. The predicted molar refractivity (Wildman–Crippen MR) is 153 cm³/mol. The Morgan fingerprint density at radius 1 is 1.15 bits per heavy atom. The highest BCUT2D eigenvalue weighted by Gasteiger charge is 2.36. The molecule has 4 heterocycles. The van der Waals surface area contributed by atoms with Gasteiger partial charge in [-0.15, -0.1) is 0 Å². The molecule has 4 aromatic rings. The summed E-state index contributed by atoms with van der Waals surface area (Å²) in [6.07, 6.45) is 17.9. The molecule has 39 heavy (non-hydrogen) atoms. The van der Waals surface area contributed by atoms with E-state index in [1.807, 2.05) is 18.5 Å². The average Bonchev–Trinajstić information content (AvgIpc) is 3.53. The van der Waals surface area contributed by atoms with E-state index in [4.69, 9.17) is 4.74 Å². The second-order valence-electron chi connectivity index (χ2n) is 11.5. The van der Waals surface area contributed by atoms with Gasteiger partial charge in [-0.05, 0) is 85.3 Å². The molecule has 3 aliphatic rings. The normalized spacial score (nSPS) is 21.0. The van der Waals surface area contributed by atoms with Crippen LogP contribution in [0.5, 0.6) is 5.75 Å². The summed E-state index contributed by atoms with van der Waals surface area (Å²) in [7, 11) is 1.75. The van der Waals surface area contributed by atoms with Gasteiger partial charge in [-0.1, -0.05) is 31.4 Å². The Kier molecular flexibility index (Phi) is 6.06. The Morgan fingerprint density at radius 3 is 2.79 bits per heavy atom. The molecule has 1 aliphatic heterocycles. The molecule has 1 aromatic carbocycles. The second-order valence-corrected chi connectivity index (χ2v) is 11.5. The fourth-order valence-corrected chi connectivity index (χ4v) is 7.70. The van der Waals surface area contributed by atoms with Crippen LogP contribution in [0.2, 0.25) is 0 Å². The van der Waals surface area contributed by atoms with Crippen molar-refractivity contribution >= 4 is 28.6 Å². The molecule has 7 rings (SSSR count). The number of rotatable bonds is 5. The number of methoxy groups -OCH3 is 1. The highest BCUT2D eigenvalue weighted by Crippen LogP contribution is 2.48. The monoisotopic (exact) mass is 521 g/mol. The van der Waals surface area contributed by atoms with Crippen LogP contribution >= 0.6 is 0 Å². The third-order valence-electron chi connectivity index (χ3n) is 9.42. The SMILES string of the molecule is COc1ccc(C2CCCCC2)c2c1cc1n2C=c2c(C(=O)O)c[nH]c2=C2CCCC(Cc3cccnc3)[C@@H]21. The molecule has 6 heteroatoms. The molecule has 0 spiro atoms. The Balaban J connectivity index is 1.53. The van der Waals surface area contributed by atoms with Crippen LogP contribution in [-0.2, 0) is 6.42 Å². The number of H-pyrrole nitrogens is 1. The minimum Gasteiger partial charge on any atom is -0.496 e. The predicted octanol–water partition coefficient (Wildman–Crippen LogP) is 5.70. The van der Waals surface area contributed by atoms with Gasteiger partial charge >= 0.3 is 5.97 Å². The quantitative estimate of drug-likeness (QED) is 0.353. The first kappa shape index (κ1) is 24.3. The lowest BCUT2D eigenvalue weighted by Crippen LogP contribution is -2.33. The van der Waals surface area contributed by atoms with Crippen LogP contribution in [0, 0.1) is 5.92 Å². The van der Waals surface area contributed by atoms with Gasteiger partial charge < -0.3 is 19.4 Å². The summed E-state index contributed by atoms with van der Waals surface area (Å²) in [5, 5.41) is 13.0. The summed E-state index contributed by atoms with van der Waals surface area (Å²) >= 11 is 0. The van der Waals surface area contributed by atoms with Crippen molar-refractivity contribution in [3.8, 4) is 5.75 Å². The van der Waals surface area contributed by atoms with E-state index in [1.165, 1.54) is 60.0 Å². The number of aromatic amines is 1. The Hall–Kier alpha value is -3.80. The molecular weight excluding hydrogens is 486 g/mol. The number of aromatic carboxylic acids is 1. The van der Waals surface area contributed by atoms with Crippen LogP contribution in [0.3, 0.4) is 0 Å². The van der Waals surface area contributed by atoms with Gasteiger partial charge in [0.1, 0.15) is 5.75 Å². The number of nitrogens with zero attached hydrogens (tertiary/aromatic N) is 2. The van der Waals surface area contributed by atoms with Crippen LogP contribution in [0.15, 0.2) is 48.9 Å². The summed E-state index contributed by atoms with van der Waals surface area (Å²) in [5.74, 6) is 1.06. The van der Waals surface area contributed by atoms with Gasteiger partial charge in [0, 0.05) is 52.4 Å². The van der Waals surface area contributed by atoms with Crippen LogP contribution in [-0.4, -0.2) is 32.7 Å². The van der Waals surface area contributed by atoms with Gasteiger partial charge in [0.15, 0.2) is 0 Å². The number of hydrogen-bond donors (Lipinski definition) is 2. The summed E-state index contributed by atoms with van der Waals surface area (Å²) < 4.78 is 8.26. The lowest BCUT2D eigenvalue weighted by Gasteiger charge is -2.34. The maximum Gasteiger partial charge on any atom is 0.337 e. The Labute approximate surface area is 228 Å². The topological polar surface area (TPSA) is 80.1 Å². The molecule has 1 unspecified atom stereocenters. The summed E-state index contributed by atoms with van der Waals surface area (Å²) in [6.45, 7) is 0. The first-order valence-electron chi connectivity index (χ1n) is 14.4. The molecule has 0 bridgehead atoms. The smallest absolute Gasteiger partial charge is 0.337 e. The Morgan fingerprint density at radius 2 is 2.03 bits per heavy atom. The van der Waals surface area contributed by atoms with Crippen molar-refractivity contribution in [1.29, 1.82) is 0 Å². The van der Waals surface area contributed by atoms with Crippen LogP contribution < -0.4 is 15.3 Å². The zero-order valence-electron chi connectivity index (χ0n) is 22.5. The Bertz CT molecular complexity index is 1670. The second kappa shape index (κ2) is 9.74. The molecule has 3 aromatic heterocycles. The largest absolute Gasteiger partial charge is 0.496 e. The lowest BCUT2D eigenvalue weighted by atomic mass is 9.71. The first-order valence-corrected chi connectivity index (χ1v) is 14.4. The van der Waals surface area contributed by atoms with Crippen molar-refractivity contribution in [1.82, 2.24) is 14.5 Å². The number of fused-ring (bicyclic) bond motifs is 6. The zero-order valence-corrected chi connectivity index (χ0v) is 22.5. The molecule has 0 saturated heterocycles. The van der Waals surface area contributed by atoms with E-state index < -0.39 is 5.97 Å². The molecule has 0 radical (unpaired) electrons. The molecular formula is C33H35N3O3. The van der Waals surface area contributed by atoms with Crippen molar-refractivity contribution in [3.05, 3.63) is 81.9 Å². The van der Waals surface area contributed by atoms with Gasteiger partial charge in [0.05, 0.1) is 18.2 Å². The number of benzene rings is 1. The van der Waals surface area contributed by atoms with Crippen molar-refractivity contribution in [3.63, 3.8) is 0 Å². The number of carbonyl (C=O) groups is 1. The number of hydrogen-bond acceptors (Lipinski definition) is 3. The molecule has 0 amide bonds. The van der Waals surface area contributed by atoms with Crippen molar-refractivity contribution < 1.29 is 14.6 Å². The molecule has 2 fully saturated rings. The van der Waals surface area contributed by atoms with Gasteiger partial charge in [-0.2, -0.15) is 0 Å². The lowest BCUT2D eigenvalue weighted by molar-refractivity contribution is 0.0696. The summed E-state index contributed by atoms with van der Waals surface area (Å²) in [5.41, 5.74) is 6.71. The van der Waals surface area contributed by atoms with Crippen molar-refractivity contribution in [2.75, 3.05) is 7.11 Å². The number of pyridine rings is 1. The van der Waals surface area contributed by atoms with Crippen LogP contribution in [0.25, 0.3) is 22.7 Å². The van der Waals surface area contributed by atoms with E-state index >= 15 is 0 Å². The van der Waals surface area contributed by atoms with E-state index in [-0.39, 0.29) is 5.92 Å². The first-order chi connectivity index (χ1) is 19.1. The minimum atomic E-state index is -0.895. The van der Waals surface area contributed by atoms with E-state index in [9.17, 15) is 9.90 Å². The zero-order chi connectivity index (χ0) is 26.5. The van der Waals surface area contributed by atoms with Gasteiger partial charge in [0.25, 0.3) is 0 Å². The van der Waals surface area contributed by atoms with Crippen molar-refractivity contribution in [2.24, 2.45) is 5.92 Å². The minimum absolute atomic E-state index is 0.174. The molecule has 2 aliphatic carbocycles. The third kappa shape index (κ3) is 4.00. The average molecular weight is 522 g/mol. The molecule has 2 N–H and O–H groups in total. The van der Waals surface area contributed by atoms with Crippen molar-refractivity contribution in [2.45, 2.75) is 69.6 Å². The molecule has 2 atom stereocenters. The van der Waals surface area contributed by atoms with E-state index in [0.29, 0.717) is 17.4 Å². The number of ether oxygens (including phenoxy) is 1. The molecule has 6 nitrogen and oxygen atoms in total. The molecule has 2 saturated carbocycles. The highest BCUT2D eigenvalue weighted by molar-refractivity contribution is 5.94. The summed E-state index contributed by atoms with van der Waals surface area (Å²) in [6, 6.07) is 10.9. The number of carboxylic acids is 1. The maximum absolute atomic E-state index is 12.4. The maximum atomic E-state index is 12.4. The van der Waals surface area contributed by atoms with E-state index in [0.717, 1.165) is 47.4 Å². The standard InChI is InChI=1S/C33H35N3O3/c1-39-29-13-12-23(21-8-3-2-4-9-21)32-25(29)16-28-30-22(15-20-7-6-14-34-17-20)10-5-11-24(30)31-27(19-36(28)32)26(18-35-31)33(37)38/h6-7,12-14,16-19,21-22,30,35H,2-5,8-11,15H2,1H3,(H,37,38)/t22?,30-/m0/s1. The number of carboxylic acid groups (broad SMARTS) is 1. The summed E-state index contributed by atoms with van der Waals surface area (Å²) in [4.78, 5) is 20.2. The van der Waals surface area contributed by atoms with Crippen LogP contribution in [0.4, 0.5) is 0 Å². The highest BCUT2D eigenvalue weighted by atomic mass is 16.5. The van der Waals surface area contributed by atoms with Crippen LogP contribution in [0.1, 0.15) is 90.4 Å². The number of aromatic nitrogens is 3. The van der Waals surface area contributed by atoms with E-state index in [1.54, 1.807) is 13.3 Å². The molecule has 200 valence electrons. The van der Waals surface area contributed by atoms with E-state index in [2.05, 4.69) is 45.0 Å².